The number of amides is 1. The largest absolute Gasteiger partial charge is 0.441 e. The summed E-state index contributed by atoms with van der Waals surface area (Å²) in [5.74, 6) is -0.349. The van der Waals surface area contributed by atoms with Crippen molar-refractivity contribution in [3.05, 3.63) is 36.3 Å². The van der Waals surface area contributed by atoms with Gasteiger partial charge in [0.05, 0.1) is 11.4 Å². The van der Waals surface area contributed by atoms with Crippen molar-refractivity contribution in [2.24, 2.45) is 16.5 Å². The van der Waals surface area contributed by atoms with Gasteiger partial charge in [-0.05, 0) is 18.4 Å². The van der Waals surface area contributed by atoms with E-state index in [0.29, 0.717) is 16.5 Å². The summed E-state index contributed by atoms with van der Waals surface area (Å²) in [6.45, 7) is -0.0345. The van der Waals surface area contributed by atoms with Crippen LogP contribution in [0, 0.1) is 0 Å². The fourth-order valence-corrected chi connectivity index (χ4v) is 1.86. The molecule has 4 N–H and O–H groups in total. The van der Waals surface area contributed by atoms with E-state index in [1.807, 2.05) is 12.3 Å². The fraction of sp³-hybridized carbons (Fsp3) is 0.154. The number of aliphatic imine (C=N–C) groups is 1. The zero-order valence-corrected chi connectivity index (χ0v) is 12.6. The molecule has 0 saturated carbocycles. The van der Waals surface area contributed by atoms with Crippen molar-refractivity contribution < 1.29 is 9.53 Å². The first-order valence-corrected chi connectivity index (χ1v) is 7.39. The van der Waals surface area contributed by atoms with Gasteiger partial charge < -0.3 is 16.2 Å². The second-order valence-electron chi connectivity index (χ2n) is 4.06. The Morgan fingerprint density at radius 1 is 1.32 bits per heavy atom. The number of nitrogens with zero attached hydrogens (tertiary/aromatic N) is 4. The van der Waals surface area contributed by atoms with Gasteiger partial charge in [0.1, 0.15) is 6.61 Å². The Hall–Kier alpha value is -2.68. The highest BCUT2D eigenvalue weighted by Gasteiger charge is 2.06. The molecule has 0 saturated heterocycles. The molecule has 0 aromatic carbocycles. The van der Waals surface area contributed by atoms with Crippen LogP contribution in [0.25, 0.3) is 11.3 Å². The highest BCUT2D eigenvalue weighted by Crippen LogP contribution is 2.17. The summed E-state index contributed by atoms with van der Waals surface area (Å²) >= 11 is 1.46. The first-order valence-electron chi connectivity index (χ1n) is 6.17. The molecule has 0 bridgehead atoms. The number of aromatic nitrogens is 3. The van der Waals surface area contributed by atoms with Gasteiger partial charge >= 0.3 is 6.09 Å². The molecule has 2 aromatic rings. The summed E-state index contributed by atoms with van der Waals surface area (Å²) in [4.78, 5) is 27.2. The molecule has 0 atom stereocenters. The lowest BCUT2D eigenvalue weighted by atomic mass is 10.2. The highest BCUT2D eigenvalue weighted by molar-refractivity contribution is 7.98. The Bertz CT molecular complexity index is 685. The van der Waals surface area contributed by atoms with Crippen LogP contribution in [-0.2, 0) is 11.3 Å². The summed E-state index contributed by atoms with van der Waals surface area (Å²) in [5.41, 5.74) is 12.2. The van der Waals surface area contributed by atoms with Gasteiger partial charge in [-0.2, -0.15) is 0 Å². The van der Waals surface area contributed by atoms with Crippen molar-refractivity contribution in [3.63, 3.8) is 0 Å². The Balaban J connectivity index is 2.09. The first-order chi connectivity index (χ1) is 10.6. The molecule has 0 spiro atoms. The molecule has 22 heavy (non-hydrogen) atoms. The van der Waals surface area contributed by atoms with E-state index in [9.17, 15) is 4.79 Å². The van der Waals surface area contributed by atoms with Crippen molar-refractivity contribution in [1.29, 1.82) is 0 Å². The number of carbonyl (C=O) groups excluding carboxylic acids is 1. The summed E-state index contributed by atoms with van der Waals surface area (Å²) < 4.78 is 4.88. The van der Waals surface area contributed by atoms with Crippen molar-refractivity contribution in [2.45, 2.75) is 11.8 Å². The van der Waals surface area contributed by atoms with E-state index in [1.165, 1.54) is 11.8 Å². The Morgan fingerprint density at radius 2 is 2.05 bits per heavy atom. The minimum absolute atomic E-state index is 0.0345. The molecule has 8 nitrogen and oxygen atoms in total. The summed E-state index contributed by atoms with van der Waals surface area (Å²) in [7, 11) is 0. The number of guanidine groups is 1. The predicted octanol–water partition coefficient (Wildman–Crippen LogP) is 1.17. The zero-order valence-electron chi connectivity index (χ0n) is 11.8. The molecule has 0 unspecified atom stereocenters. The van der Waals surface area contributed by atoms with Gasteiger partial charge in [0.15, 0.2) is 11.1 Å². The number of hydrogen-bond acceptors (Lipinski definition) is 6. The predicted molar refractivity (Wildman–Crippen MR) is 83.0 cm³/mol. The monoisotopic (exact) mass is 318 g/mol. The van der Waals surface area contributed by atoms with E-state index >= 15 is 0 Å². The van der Waals surface area contributed by atoms with E-state index in [-0.39, 0.29) is 12.6 Å². The molecular weight excluding hydrogens is 304 g/mol. The molecule has 0 radical (unpaired) electrons. The molecule has 114 valence electrons. The average molecular weight is 318 g/mol. The lowest BCUT2D eigenvalue weighted by Crippen LogP contribution is -2.24. The summed E-state index contributed by atoms with van der Waals surface area (Å²) in [5, 5.41) is 0.686. The van der Waals surface area contributed by atoms with Crippen LogP contribution >= 0.6 is 11.8 Å². The number of hydrogen-bond donors (Lipinski definition) is 2. The molecule has 1 amide bonds. The van der Waals surface area contributed by atoms with Crippen molar-refractivity contribution >= 4 is 23.8 Å². The number of pyridine rings is 1. The van der Waals surface area contributed by atoms with Gasteiger partial charge in [-0.15, -0.1) is 4.99 Å². The smallest absolute Gasteiger partial charge is 0.437 e. The van der Waals surface area contributed by atoms with Crippen LogP contribution in [0.3, 0.4) is 0 Å². The SMILES string of the molecule is CSc1ncc(-c2cccc(COC(=O)N=C(N)N)n2)cn1. The van der Waals surface area contributed by atoms with Crippen LogP contribution < -0.4 is 11.5 Å². The maximum Gasteiger partial charge on any atom is 0.437 e. The van der Waals surface area contributed by atoms with Crippen LogP contribution in [0.15, 0.2) is 40.7 Å². The van der Waals surface area contributed by atoms with Gasteiger partial charge in [0.25, 0.3) is 0 Å². The van der Waals surface area contributed by atoms with E-state index in [0.717, 1.165) is 5.56 Å². The van der Waals surface area contributed by atoms with Crippen LogP contribution in [0.1, 0.15) is 5.69 Å². The second kappa shape index (κ2) is 7.36. The fourth-order valence-electron chi connectivity index (χ4n) is 1.55. The minimum Gasteiger partial charge on any atom is -0.441 e. The molecular formula is C13H14N6O2S. The van der Waals surface area contributed by atoms with Gasteiger partial charge in [0.2, 0.25) is 0 Å². The van der Waals surface area contributed by atoms with E-state index in [1.54, 1.807) is 24.5 Å². The molecule has 0 fully saturated rings. The van der Waals surface area contributed by atoms with Crippen molar-refractivity contribution in [2.75, 3.05) is 6.26 Å². The summed E-state index contributed by atoms with van der Waals surface area (Å²) in [6.07, 6.45) is 4.42. The molecule has 0 aliphatic heterocycles. The average Bonchev–Trinajstić information content (AvgIpc) is 2.53. The van der Waals surface area contributed by atoms with Gasteiger partial charge in [-0.1, -0.05) is 17.8 Å². The molecule has 0 aliphatic rings. The molecule has 2 heterocycles. The van der Waals surface area contributed by atoms with Crippen LogP contribution in [0.2, 0.25) is 0 Å². The first kappa shape index (κ1) is 15.7. The molecule has 2 rings (SSSR count). The van der Waals surface area contributed by atoms with E-state index in [4.69, 9.17) is 16.2 Å². The Kier molecular flexibility index (Phi) is 5.26. The maximum atomic E-state index is 11.2. The number of thioether (sulfide) groups is 1. The minimum atomic E-state index is -0.861. The third-order valence-corrected chi connectivity index (χ3v) is 3.05. The zero-order chi connectivity index (χ0) is 15.9. The maximum absolute atomic E-state index is 11.2. The van der Waals surface area contributed by atoms with Gasteiger partial charge in [0, 0.05) is 18.0 Å². The van der Waals surface area contributed by atoms with Crippen LogP contribution in [0.5, 0.6) is 0 Å². The van der Waals surface area contributed by atoms with E-state index in [2.05, 4.69) is 19.9 Å². The Labute approximate surface area is 131 Å². The second-order valence-corrected chi connectivity index (χ2v) is 4.84. The lowest BCUT2D eigenvalue weighted by Gasteiger charge is -2.05. The van der Waals surface area contributed by atoms with Crippen molar-refractivity contribution in [3.8, 4) is 11.3 Å². The molecule has 9 heteroatoms. The molecule has 2 aromatic heterocycles. The van der Waals surface area contributed by atoms with Gasteiger partial charge in [-0.25, -0.2) is 19.7 Å². The van der Waals surface area contributed by atoms with Crippen LogP contribution in [-0.4, -0.2) is 33.3 Å². The number of rotatable bonds is 4. The number of carbonyl (C=O) groups is 1. The molecule has 0 aliphatic carbocycles. The third-order valence-electron chi connectivity index (χ3n) is 2.48. The van der Waals surface area contributed by atoms with Gasteiger partial charge in [-0.3, -0.25) is 0 Å². The van der Waals surface area contributed by atoms with E-state index < -0.39 is 6.09 Å². The number of nitrogens with two attached hydrogens (primary N) is 2. The standard InChI is InChI=1S/C13H14N6O2S/c1-22-12-16-5-8(6-17-12)10-4-2-3-9(18-10)7-21-13(20)19-11(14)15/h2-6H,7H2,1H3,(H4,14,15,19,20). The van der Waals surface area contributed by atoms with Crippen molar-refractivity contribution in [1.82, 2.24) is 15.0 Å². The van der Waals surface area contributed by atoms with Crippen LogP contribution in [0.4, 0.5) is 4.79 Å². The Morgan fingerprint density at radius 3 is 2.68 bits per heavy atom. The normalized spacial score (nSPS) is 10.0. The number of ether oxygens (including phenoxy) is 1. The topological polar surface area (TPSA) is 129 Å². The summed E-state index contributed by atoms with van der Waals surface area (Å²) in [6, 6.07) is 5.34. The lowest BCUT2D eigenvalue weighted by molar-refractivity contribution is 0.149. The third kappa shape index (κ3) is 4.42. The quantitative estimate of drug-likeness (QED) is 0.372. The highest BCUT2D eigenvalue weighted by atomic mass is 32.2.